The number of thiol groups is 1. The van der Waals surface area contributed by atoms with Gasteiger partial charge in [-0.2, -0.15) is 0 Å². The van der Waals surface area contributed by atoms with Crippen LogP contribution in [0.25, 0.3) is 0 Å². The number of hydrogen-bond acceptors (Lipinski definition) is 5. The van der Waals surface area contributed by atoms with Crippen molar-refractivity contribution in [1.82, 2.24) is 0 Å². The number of Topliss-reactive ketones (excluding diaryl/α,β-unsaturated/α-hetero) is 1. The quantitative estimate of drug-likeness (QED) is 0.329. The molecule has 0 aromatic rings. The van der Waals surface area contributed by atoms with Crippen LogP contribution in [0.5, 0.6) is 0 Å². The average Bonchev–Trinajstić information content (AvgIpc) is 2.03. The molecule has 0 saturated heterocycles. The summed E-state index contributed by atoms with van der Waals surface area (Å²) in [5.41, 5.74) is 0. The van der Waals surface area contributed by atoms with Gasteiger partial charge >= 0.3 is 11.9 Å². The van der Waals surface area contributed by atoms with Crippen molar-refractivity contribution in [3.8, 4) is 0 Å². The normalized spacial score (nSPS) is 8.20. The standard InChI is InChI=1S/C6H10O3.C3H4O2S/c1-3-9-6(8)4-5(2)7;1-2(6)3(4)5/h3-4H2,1-2H3;6H,1H2,(H,4,5). The third-order valence-corrected chi connectivity index (χ3v) is 1.14. The lowest BCUT2D eigenvalue weighted by molar-refractivity contribution is -0.145. The minimum atomic E-state index is -1.07. The number of ether oxygens (including phenoxy) is 1. The number of carboxylic acids is 1. The first-order valence-corrected chi connectivity index (χ1v) is 4.52. The van der Waals surface area contributed by atoms with E-state index in [1.54, 1.807) is 6.92 Å². The van der Waals surface area contributed by atoms with Gasteiger partial charge in [-0.1, -0.05) is 6.58 Å². The second kappa shape index (κ2) is 9.26. The molecule has 86 valence electrons. The van der Waals surface area contributed by atoms with Crippen molar-refractivity contribution in [3.05, 3.63) is 11.5 Å². The Bertz CT molecular complexity index is 247. The maximum atomic E-state index is 10.4. The van der Waals surface area contributed by atoms with E-state index in [0.717, 1.165) is 0 Å². The highest BCUT2D eigenvalue weighted by Crippen LogP contribution is 1.91. The Balaban J connectivity index is 0. The lowest BCUT2D eigenvalue weighted by atomic mass is 10.3. The number of rotatable bonds is 4. The van der Waals surface area contributed by atoms with Gasteiger partial charge < -0.3 is 9.84 Å². The second-order valence-corrected chi connectivity index (χ2v) is 2.98. The van der Waals surface area contributed by atoms with Crippen LogP contribution in [0.3, 0.4) is 0 Å². The largest absolute Gasteiger partial charge is 0.477 e. The molecule has 0 aliphatic heterocycles. The van der Waals surface area contributed by atoms with Gasteiger partial charge in [0.25, 0.3) is 0 Å². The highest BCUT2D eigenvalue weighted by Gasteiger charge is 2.03. The molecule has 15 heavy (non-hydrogen) atoms. The van der Waals surface area contributed by atoms with Gasteiger partial charge in [0.1, 0.15) is 12.2 Å². The predicted octanol–water partition coefficient (Wildman–Crippen LogP) is 1.04. The smallest absolute Gasteiger partial charge is 0.341 e. The van der Waals surface area contributed by atoms with Gasteiger partial charge in [-0.3, -0.25) is 9.59 Å². The van der Waals surface area contributed by atoms with Crippen molar-refractivity contribution in [2.24, 2.45) is 0 Å². The minimum absolute atomic E-state index is 0.103. The van der Waals surface area contributed by atoms with Gasteiger partial charge in [-0.25, -0.2) is 4.79 Å². The summed E-state index contributed by atoms with van der Waals surface area (Å²) in [5, 5.41) is 7.81. The number of carbonyl (C=O) groups is 3. The van der Waals surface area contributed by atoms with Crippen molar-refractivity contribution >= 4 is 30.4 Å². The Morgan fingerprint density at radius 3 is 2.00 bits per heavy atom. The zero-order valence-corrected chi connectivity index (χ0v) is 9.54. The first kappa shape index (κ1) is 16.1. The Kier molecular flexibility index (Phi) is 9.97. The fourth-order valence-electron chi connectivity index (χ4n) is 0.415. The molecule has 0 atom stereocenters. The third-order valence-electron chi connectivity index (χ3n) is 0.945. The molecule has 0 spiro atoms. The topological polar surface area (TPSA) is 80.7 Å². The van der Waals surface area contributed by atoms with Crippen LogP contribution in [-0.4, -0.2) is 29.4 Å². The van der Waals surface area contributed by atoms with Crippen LogP contribution >= 0.6 is 12.6 Å². The summed E-state index contributed by atoms with van der Waals surface area (Å²) in [5.74, 6) is -1.67. The van der Waals surface area contributed by atoms with Crippen LogP contribution in [0.1, 0.15) is 20.3 Å². The Morgan fingerprint density at radius 2 is 1.80 bits per heavy atom. The van der Waals surface area contributed by atoms with Crippen LogP contribution in [-0.2, 0) is 19.1 Å². The Hall–Kier alpha value is -1.30. The van der Waals surface area contributed by atoms with Gasteiger partial charge in [0.15, 0.2) is 0 Å². The maximum Gasteiger partial charge on any atom is 0.341 e. The van der Waals surface area contributed by atoms with E-state index in [4.69, 9.17) is 5.11 Å². The molecule has 0 unspecified atom stereocenters. The number of hydrogen-bond donors (Lipinski definition) is 2. The van der Waals surface area contributed by atoms with Gasteiger partial charge in [0.05, 0.1) is 11.5 Å². The van der Waals surface area contributed by atoms with Gasteiger partial charge in [-0.15, -0.1) is 12.6 Å². The molecule has 6 heteroatoms. The lowest BCUT2D eigenvalue weighted by Crippen LogP contribution is -2.07. The zero-order chi connectivity index (χ0) is 12.4. The highest BCUT2D eigenvalue weighted by molar-refractivity contribution is 7.85. The van der Waals surface area contributed by atoms with Crippen molar-refractivity contribution in [1.29, 1.82) is 0 Å². The van der Waals surface area contributed by atoms with E-state index >= 15 is 0 Å². The van der Waals surface area contributed by atoms with E-state index in [9.17, 15) is 14.4 Å². The van der Waals surface area contributed by atoms with E-state index in [2.05, 4.69) is 23.9 Å². The summed E-state index contributed by atoms with van der Waals surface area (Å²) in [6.45, 7) is 6.42. The summed E-state index contributed by atoms with van der Waals surface area (Å²) < 4.78 is 4.49. The van der Waals surface area contributed by atoms with Gasteiger partial charge in [-0.05, 0) is 13.8 Å². The molecule has 0 amide bonds. The van der Waals surface area contributed by atoms with Crippen LogP contribution in [0.15, 0.2) is 11.5 Å². The summed E-state index contributed by atoms with van der Waals surface area (Å²) in [7, 11) is 0. The van der Waals surface area contributed by atoms with E-state index < -0.39 is 11.9 Å². The molecule has 0 aliphatic rings. The van der Waals surface area contributed by atoms with Crippen molar-refractivity contribution < 1.29 is 24.2 Å². The molecule has 0 saturated carbocycles. The first-order valence-electron chi connectivity index (χ1n) is 4.07. The Morgan fingerprint density at radius 1 is 1.40 bits per heavy atom. The number of ketones is 1. The maximum absolute atomic E-state index is 10.4. The number of aliphatic carboxylic acids is 1. The van der Waals surface area contributed by atoms with Crippen molar-refractivity contribution in [2.45, 2.75) is 20.3 Å². The molecule has 5 nitrogen and oxygen atoms in total. The molecule has 0 aliphatic carbocycles. The highest BCUT2D eigenvalue weighted by atomic mass is 32.1. The molecule has 0 radical (unpaired) electrons. The number of esters is 1. The second-order valence-electron chi connectivity index (χ2n) is 2.44. The average molecular weight is 234 g/mol. The molecule has 0 fully saturated rings. The molecular weight excluding hydrogens is 220 g/mol. The molecular formula is C9H14O5S. The molecule has 1 N–H and O–H groups in total. The van der Waals surface area contributed by atoms with E-state index in [-0.39, 0.29) is 17.1 Å². The zero-order valence-electron chi connectivity index (χ0n) is 8.65. The summed E-state index contributed by atoms with van der Waals surface area (Å²) in [6, 6.07) is 0. The third kappa shape index (κ3) is 15.5. The van der Waals surface area contributed by atoms with Crippen molar-refractivity contribution in [2.75, 3.05) is 6.61 Å². The van der Waals surface area contributed by atoms with Gasteiger partial charge in [0.2, 0.25) is 0 Å². The monoisotopic (exact) mass is 234 g/mol. The Labute approximate surface area is 93.5 Å². The van der Waals surface area contributed by atoms with E-state index in [1.807, 2.05) is 0 Å². The van der Waals surface area contributed by atoms with Crippen LogP contribution in [0.4, 0.5) is 0 Å². The predicted molar refractivity (Wildman–Crippen MR) is 57.7 cm³/mol. The lowest BCUT2D eigenvalue weighted by Gasteiger charge is -1.96. The molecule has 0 aromatic heterocycles. The molecule has 0 heterocycles. The minimum Gasteiger partial charge on any atom is -0.477 e. The molecule has 0 bridgehead atoms. The fraction of sp³-hybridized carbons (Fsp3) is 0.444. The summed E-state index contributed by atoms with van der Waals surface area (Å²) in [6.07, 6.45) is -0.103. The van der Waals surface area contributed by atoms with Crippen LogP contribution in [0.2, 0.25) is 0 Å². The first-order chi connectivity index (χ1) is 6.81. The fourth-order valence-corrected chi connectivity index (χ4v) is 0.415. The van der Waals surface area contributed by atoms with Crippen LogP contribution < -0.4 is 0 Å². The summed E-state index contributed by atoms with van der Waals surface area (Å²) >= 11 is 3.40. The SMILES string of the molecule is C=C(S)C(=O)O.CCOC(=O)CC(C)=O. The van der Waals surface area contributed by atoms with Crippen molar-refractivity contribution in [3.63, 3.8) is 0 Å². The molecule has 0 aromatic carbocycles. The number of carboxylic acid groups (broad SMARTS) is 1. The van der Waals surface area contributed by atoms with E-state index in [0.29, 0.717) is 6.61 Å². The van der Waals surface area contributed by atoms with Gasteiger partial charge in [0, 0.05) is 0 Å². The van der Waals surface area contributed by atoms with Crippen LogP contribution in [0, 0.1) is 0 Å². The summed E-state index contributed by atoms with van der Waals surface area (Å²) in [4.78, 5) is 30.0. The number of carbonyl (C=O) groups excluding carboxylic acids is 2. The van der Waals surface area contributed by atoms with E-state index in [1.165, 1.54) is 6.92 Å². The molecule has 0 rings (SSSR count).